The van der Waals surface area contributed by atoms with E-state index < -0.39 is 0 Å². The van der Waals surface area contributed by atoms with Gasteiger partial charge in [-0.05, 0) is 30.7 Å². The van der Waals surface area contributed by atoms with Crippen LogP contribution in [0, 0.1) is 0 Å². The van der Waals surface area contributed by atoms with Crippen molar-refractivity contribution in [3.05, 3.63) is 54.1 Å². The van der Waals surface area contributed by atoms with Crippen molar-refractivity contribution in [2.45, 2.75) is 13.3 Å². The third kappa shape index (κ3) is 2.38. The van der Waals surface area contributed by atoms with E-state index in [1.54, 1.807) is 0 Å². The highest BCUT2D eigenvalue weighted by atomic mass is 16.1. The first kappa shape index (κ1) is 13.6. The number of hydrazine groups is 1. The molecule has 1 amide bonds. The standard InChI is InChI=1S/C17H19N3O/c1-3-12-19(2)20-15-10-6-4-8-13(15)17(21)18-14-9-5-7-11-16(14)20/h4-11H,3,12H2,1-2H3,(H,18,21). The normalized spacial score (nSPS) is 13.5. The molecular weight excluding hydrogens is 262 g/mol. The molecule has 0 radical (unpaired) electrons. The lowest BCUT2D eigenvalue weighted by molar-refractivity contribution is 0.102. The van der Waals surface area contributed by atoms with E-state index in [0.29, 0.717) is 5.56 Å². The third-order valence-corrected chi connectivity index (χ3v) is 3.65. The molecule has 21 heavy (non-hydrogen) atoms. The second kappa shape index (κ2) is 5.58. The fourth-order valence-electron chi connectivity index (χ4n) is 2.73. The summed E-state index contributed by atoms with van der Waals surface area (Å²) >= 11 is 0. The van der Waals surface area contributed by atoms with Gasteiger partial charge in [0.1, 0.15) is 0 Å². The van der Waals surface area contributed by atoms with Crippen molar-refractivity contribution in [1.29, 1.82) is 0 Å². The summed E-state index contributed by atoms with van der Waals surface area (Å²) in [6.45, 7) is 3.06. The molecule has 0 aliphatic carbocycles. The van der Waals surface area contributed by atoms with E-state index >= 15 is 0 Å². The first-order valence-electron chi connectivity index (χ1n) is 7.23. The lowest BCUT2D eigenvalue weighted by Gasteiger charge is -2.34. The smallest absolute Gasteiger partial charge is 0.257 e. The summed E-state index contributed by atoms with van der Waals surface area (Å²) < 4.78 is 0. The molecule has 1 aliphatic heterocycles. The van der Waals surface area contributed by atoms with Crippen LogP contribution in [0.2, 0.25) is 0 Å². The highest BCUT2D eigenvalue weighted by molar-refractivity contribution is 6.12. The fraction of sp³-hybridized carbons (Fsp3) is 0.235. The van der Waals surface area contributed by atoms with Gasteiger partial charge in [-0.25, -0.2) is 5.01 Å². The van der Waals surface area contributed by atoms with Crippen LogP contribution in [0.5, 0.6) is 0 Å². The molecule has 4 heteroatoms. The van der Waals surface area contributed by atoms with Crippen molar-refractivity contribution < 1.29 is 4.79 Å². The number of fused-ring (bicyclic) bond motifs is 2. The largest absolute Gasteiger partial charge is 0.320 e. The van der Waals surface area contributed by atoms with E-state index in [-0.39, 0.29) is 5.91 Å². The second-order valence-corrected chi connectivity index (χ2v) is 5.18. The van der Waals surface area contributed by atoms with Gasteiger partial charge in [0.05, 0.1) is 22.6 Å². The van der Waals surface area contributed by atoms with Gasteiger partial charge in [0, 0.05) is 13.6 Å². The van der Waals surface area contributed by atoms with Crippen molar-refractivity contribution >= 4 is 23.0 Å². The van der Waals surface area contributed by atoms with E-state index in [4.69, 9.17) is 0 Å². The molecule has 2 aromatic rings. The van der Waals surface area contributed by atoms with Crippen molar-refractivity contribution in [2.75, 3.05) is 23.9 Å². The predicted molar refractivity (Wildman–Crippen MR) is 85.9 cm³/mol. The summed E-state index contributed by atoms with van der Waals surface area (Å²) in [5.41, 5.74) is 3.43. The second-order valence-electron chi connectivity index (χ2n) is 5.18. The molecule has 108 valence electrons. The first-order chi connectivity index (χ1) is 10.2. The quantitative estimate of drug-likeness (QED) is 0.933. The van der Waals surface area contributed by atoms with E-state index in [1.165, 1.54) is 0 Å². The van der Waals surface area contributed by atoms with Gasteiger partial charge in [-0.15, -0.1) is 0 Å². The van der Waals surface area contributed by atoms with Crippen LogP contribution in [0.3, 0.4) is 0 Å². The number of anilines is 3. The van der Waals surface area contributed by atoms with Gasteiger partial charge in [-0.2, -0.15) is 0 Å². The lowest BCUT2D eigenvalue weighted by atomic mass is 10.1. The highest BCUT2D eigenvalue weighted by Gasteiger charge is 2.26. The van der Waals surface area contributed by atoms with Crippen LogP contribution in [0.15, 0.2) is 48.5 Å². The van der Waals surface area contributed by atoms with Gasteiger partial charge in [0.25, 0.3) is 5.91 Å². The van der Waals surface area contributed by atoms with E-state index in [9.17, 15) is 4.79 Å². The number of rotatable bonds is 3. The molecule has 0 aromatic heterocycles. The van der Waals surface area contributed by atoms with Crippen LogP contribution in [-0.4, -0.2) is 24.5 Å². The SMILES string of the molecule is CCCN(C)N1c2ccccc2NC(=O)c2ccccc21. The average molecular weight is 281 g/mol. The number of hydrogen-bond donors (Lipinski definition) is 1. The van der Waals surface area contributed by atoms with Crippen molar-refractivity contribution in [1.82, 2.24) is 5.01 Å². The Bertz CT molecular complexity index is 669. The maximum Gasteiger partial charge on any atom is 0.257 e. The number of nitrogens with one attached hydrogen (secondary N) is 1. The Kier molecular flexibility index (Phi) is 3.62. The van der Waals surface area contributed by atoms with E-state index in [0.717, 1.165) is 30.0 Å². The van der Waals surface area contributed by atoms with Crippen molar-refractivity contribution in [3.8, 4) is 0 Å². The van der Waals surface area contributed by atoms with E-state index in [1.807, 2.05) is 55.6 Å². The number of hydrogen-bond acceptors (Lipinski definition) is 3. The topological polar surface area (TPSA) is 35.6 Å². The number of benzene rings is 2. The minimum atomic E-state index is -0.0644. The molecule has 2 aromatic carbocycles. The van der Waals surface area contributed by atoms with Crippen LogP contribution in [0.1, 0.15) is 23.7 Å². The van der Waals surface area contributed by atoms with Crippen molar-refractivity contribution in [2.24, 2.45) is 0 Å². The van der Waals surface area contributed by atoms with Crippen LogP contribution in [0.25, 0.3) is 0 Å². The van der Waals surface area contributed by atoms with Crippen LogP contribution in [-0.2, 0) is 0 Å². The maximum atomic E-state index is 12.4. The molecule has 0 atom stereocenters. The number of para-hydroxylation sites is 3. The Morgan fingerprint density at radius 1 is 1.05 bits per heavy atom. The third-order valence-electron chi connectivity index (χ3n) is 3.65. The Hall–Kier alpha value is -2.33. The zero-order valence-corrected chi connectivity index (χ0v) is 12.3. The molecule has 0 spiro atoms. The van der Waals surface area contributed by atoms with Gasteiger partial charge in [0.15, 0.2) is 0 Å². The molecule has 0 unspecified atom stereocenters. The predicted octanol–water partition coefficient (Wildman–Crippen LogP) is 3.65. The zero-order valence-electron chi connectivity index (χ0n) is 12.3. The summed E-state index contributed by atoms with van der Waals surface area (Å²) in [5, 5.41) is 7.27. The minimum Gasteiger partial charge on any atom is -0.320 e. The average Bonchev–Trinajstić information content (AvgIpc) is 2.62. The summed E-state index contributed by atoms with van der Waals surface area (Å²) in [7, 11) is 2.05. The summed E-state index contributed by atoms with van der Waals surface area (Å²) in [4.78, 5) is 12.4. The highest BCUT2D eigenvalue weighted by Crippen LogP contribution is 2.38. The molecule has 0 saturated heterocycles. The molecule has 1 aliphatic rings. The molecule has 0 bridgehead atoms. The van der Waals surface area contributed by atoms with Crippen LogP contribution in [0.4, 0.5) is 17.1 Å². The number of carbonyl (C=O) groups excluding carboxylic acids is 1. The lowest BCUT2D eigenvalue weighted by Crippen LogP contribution is -2.37. The molecule has 3 rings (SSSR count). The summed E-state index contributed by atoms with van der Waals surface area (Å²) in [6, 6.07) is 15.6. The minimum absolute atomic E-state index is 0.0644. The van der Waals surface area contributed by atoms with Gasteiger partial charge < -0.3 is 5.32 Å². The Labute approximate surface area is 125 Å². The molecule has 1 N–H and O–H groups in total. The maximum absolute atomic E-state index is 12.4. The van der Waals surface area contributed by atoms with Crippen molar-refractivity contribution in [3.63, 3.8) is 0 Å². The van der Waals surface area contributed by atoms with Crippen LogP contribution >= 0.6 is 0 Å². The molecule has 0 fully saturated rings. The molecule has 4 nitrogen and oxygen atoms in total. The number of nitrogens with zero attached hydrogens (tertiary/aromatic N) is 2. The molecular formula is C17H19N3O. The van der Waals surface area contributed by atoms with Gasteiger partial charge in [-0.1, -0.05) is 31.2 Å². The van der Waals surface area contributed by atoms with Gasteiger partial charge >= 0.3 is 0 Å². The number of carbonyl (C=O) groups is 1. The van der Waals surface area contributed by atoms with E-state index in [2.05, 4.69) is 22.3 Å². The van der Waals surface area contributed by atoms with Gasteiger partial charge in [-0.3, -0.25) is 9.80 Å². The number of amides is 1. The fourth-order valence-corrected chi connectivity index (χ4v) is 2.73. The summed E-state index contributed by atoms with van der Waals surface area (Å²) in [6.07, 6.45) is 1.04. The molecule has 0 saturated carbocycles. The monoisotopic (exact) mass is 281 g/mol. The molecule has 1 heterocycles. The Balaban J connectivity index is 2.21. The Morgan fingerprint density at radius 3 is 2.48 bits per heavy atom. The zero-order chi connectivity index (χ0) is 14.8. The first-order valence-corrected chi connectivity index (χ1v) is 7.23. The van der Waals surface area contributed by atoms with Crippen LogP contribution < -0.4 is 10.3 Å². The summed E-state index contributed by atoms with van der Waals surface area (Å²) in [5.74, 6) is -0.0644. The Morgan fingerprint density at radius 2 is 1.71 bits per heavy atom. The van der Waals surface area contributed by atoms with Gasteiger partial charge in [0.2, 0.25) is 0 Å².